The molecule has 0 saturated carbocycles. The number of carbonyl (C=O) groups is 1. The van der Waals surface area contributed by atoms with Gasteiger partial charge >= 0.3 is 0 Å². The lowest BCUT2D eigenvalue weighted by Crippen LogP contribution is -2.23. The molecule has 0 saturated heterocycles. The highest BCUT2D eigenvalue weighted by Gasteiger charge is 2.36. The molecule has 0 fully saturated rings. The number of hydrogen-bond donors (Lipinski definition) is 0. The number of Topliss-reactive ketones (excluding diaryl/α,β-unsaturated/α-hetero) is 1. The Labute approximate surface area is 189 Å². The molecule has 2 nitrogen and oxygen atoms in total. The highest BCUT2D eigenvalue weighted by atomic mass is 32.4. The van der Waals surface area contributed by atoms with Gasteiger partial charge in [0.05, 0.1) is 0 Å². The second-order valence-electron chi connectivity index (χ2n) is 7.54. The first kappa shape index (κ1) is 21.4. The lowest BCUT2D eigenvalue weighted by molar-refractivity contribution is 0.0981. The van der Waals surface area contributed by atoms with Crippen molar-refractivity contribution in [1.82, 2.24) is 4.98 Å². The second-order valence-corrected chi connectivity index (χ2v) is 12.2. The van der Waals surface area contributed by atoms with E-state index in [1.165, 1.54) is 0 Å². The summed E-state index contributed by atoms with van der Waals surface area (Å²) in [6.07, 6.45) is 0.321. The normalized spacial score (nSPS) is 12.3. The fourth-order valence-electron chi connectivity index (χ4n) is 3.89. The highest BCUT2D eigenvalue weighted by Crippen LogP contribution is 2.59. The van der Waals surface area contributed by atoms with Crippen LogP contribution in [0, 0.1) is 6.92 Å². The monoisotopic (exact) mass is 441 g/mol. The van der Waals surface area contributed by atoms with Gasteiger partial charge in [-0.25, -0.2) is 0 Å². The molecule has 3 aromatic carbocycles. The van der Waals surface area contributed by atoms with Gasteiger partial charge in [0, 0.05) is 35.1 Å². The van der Waals surface area contributed by atoms with E-state index in [0.29, 0.717) is 12.0 Å². The Hall–Kier alpha value is -2.87. The van der Waals surface area contributed by atoms with Gasteiger partial charge in [0.25, 0.3) is 0 Å². The number of benzene rings is 3. The topological polar surface area (TPSA) is 30.0 Å². The zero-order chi connectivity index (χ0) is 21.7. The summed E-state index contributed by atoms with van der Waals surface area (Å²) < 4.78 is 0. The molecule has 0 aliphatic carbocycles. The first-order valence-corrected chi connectivity index (χ1v) is 13.2. The number of hydrogen-bond acceptors (Lipinski definition) is 3. The maximum Gasteiger partial charge on any atom is 0.163 e. The van der Waals surface area contributed by atoms with Crippen molar-refractivity contribution < 1.29 is 4.79 Å². The molecule has 1 heterocycles. The predicted octanol–water partition coefficient (Wildman–Crippen LogP) is 5.83. The lowest BCUT2D eigenvalue weighted by Gasteiger charge is -2.32. The van der Waals surface area contributed by atoms with Crippen molar-refractivity contribution in [3.05, 3.63) is 126 Å². The molecule has 0 radical (unpaired) electrons. The van der Waals surface area contributed by atoms with Gasteiger partial charge in [-0.15, -0.1) is 0 Å². The molecule has 0 aliphatic rings. The smallest absolute Gasteiger partial charge is 0.163 e. The molecule has 4 heteroatoms. The Morgan fingerprint density at radius 2 is 1.29 bits per heavy atom. The third kappa shape index (κ3) is 4.58. The van der Waals surface area contributed by atoms with Gasteiger partial charge in [-0.1, -0.05) is 109 Å². The van der Waals surface area contributed by atoms with Crippen molar-refractivity contribution in [3.63, 3.8) is 0 Å². The minimum absolute atomic E-state index is 0.0926. The fourth-order valence-corrected chi connectivity index (χ4v) is 8.36. The standard InChI is InChI=1S/C27H24NOPS/c1-21-12-11-19-25(28-21)27(20-26(29)22-13-5-2-6-14-22)30(31,23-15-7-3-8-16-23)24-17-9-4-10-18-24/h2-19,27H,20H2,1H3/t27-/m0/s1. The molecule has 1 atom stereocenters. The van der Waals surface area contributed by atoms with Crippen molar-refractivity contribution in [2.75, 3.05) is 0 Å². The molecular weight excluding hydrogens is 417 g/mol. The molecule has 1 aromatic heterocycles. The molecule has 0 N–H and O–H groups in total. The van der Waals surface area contributed by atoms with E-state index in [1.54, 1.807) is 0 Å². The minimum Gasteiger partial charge on any atom is -0.294 e. The third-order valence-electron chi connectivity index (χ3n) is 5.44. The summed E-state index contributed by atoms with van der Waals surface area (Å²) in [5, 5.41) is 2.20. The van der Waals surface area contributed by atoms with E-state index in [9.17, 15) is 4.79 Å². The summed E-state index contributed by atoms with van der Waals surface area (Å²) in [7, 11) is 0. The maximum absolute atomic E-state index is 13.4. The Kier molecular flexibility index (Phi) is 6.56. The van der Waals surface area contributed by atoms with Crippen LogP contribution in [-0.2, 0) is 11.8 Å². The Balaban J connectivity index is 1.91. The van der Waals surface area contributed by atoms with E-state index >= 15 is 0 Å². The summed E-state index contributed by atoms with van der Waals surface area (Å²) >= 11 is 6.57. The number of nitrogens with zero attached hydrogens (tertiary/aromatic N) is 1. The van der Waals surface area contributed by atoms with Crippen LogP contribution in [0.4, 0.5) is 0 Å². The van der Waals surface area contributed by atoms with Crippen molar-refractivity contribution in [1.29, 1.82) is 0 Å². The second kappa shape index (κ2) is 9.51. The quantitative estimate of drug-likeness (QED) is 0.267. The molecule has 4 rings (SSSR count). The molecule has 31 heavy (non-hydrogen) atoms. The molecule has 0 amide bonds. The van der Waals surface area contributed by atoms with Gasteiger partial charge in [0.1, 0.15) is 0 Å². The third-order valence-corrected chi connectivity index (χ3v) is 10.9. The van der Waals surface area contributed by atoms with E-state index in [2.05, 4.69) is 24.3 Å². The predicted molar refractivity (Wildman–Crippen MR) is 134 cm³/mol. The average Bonchev–Trinajstić information content (AvgIpc) is 2.83. The van der Waals surface area contributed by atoms with Gasteiger partial charge in [0.2, 0.25) is 0 Å². The van der Waals surface area contributed by atoms with Gasteiger partial charge < -0.3 is 0 Å². The van der Waals surface area contributed by atoms with Crippen LogP contribution in [0.1, 0.15) is 33.8 Å². The summed E-state index contributed by atoms with van der Waals surface area (Å²) in [6, 6.07) is 33.6. The van der Waals surface area contributed by atoms with Crippen molar-refractivity contribution in [2.24, 2.45) is 0 Å². The Morgan fingerprint density at radius 1 is 0.774 bits per heavy atom. The van der Waals surface area contributed by atoms with E-state index in [-0.39, 0.29) is 11.4 Å². The van der Waals surface area contributed by atoms with Gasteiger partial charge in [-0.2, -0.15) is 0 Å². The number of rotatable bonds is 7. The van der Waals surface area contributed by atoms with E-state index < -0.39 is 6.04 Å². The summed E-state index contributed by atoms with van der Waals surface area (Å²) in [6.45, 7) is 1.98. The zero-order valence-electron chi connectivity index (χ0n) is 17.4. The molecule has 0 aliphatic heterocycles. The number of carbonyl (C=O) groups excluding carboxylic acids is 1. The minimum atomic E-state index is -2.40. The summed E-state index contributed by atoms with van der Waals surface area (Å²) in [5.74, 6) is 0.0926. The van der Waals surface area contributed by atoms with Crippen LogP contribution in [-0.4, -0.2) is 10.8 Å². The van der Waals surface area contributed by atoms with Crippen LogP contribution >= 0.6 is 6.04 Å². The van der Waals surface area contributed by atoms with Crippen LogP contribution in [0.3, 0.4) is 0 Å². The van der Waals surface area contributed by atoms with Gasteiger partial charge in [-0.3, -0.25) is 9.78 Å². The zero-order valence-corrected chi connectivity index (χ0v) is 19.1. The van der Waals surface area contributed by atoms with Crippen molar-refractivity contribution >= 4 is 34.2 Å². The molecular formula is C27H24NOPS. The molecule has 0 bridgehead atoms. The largest absolute Gasteiger partial charge is 0.294 e. The number of pyridine rings is 1. The number of aromatic nitrogens is 1. The van der Waals surface area contributed by atoms with Crippen LogP contribution in [0.25, 0.3) is 0 Å². The van der Waals surface area contributed by atoms with E-state index in [1.807, 2.05) is 91.9 Å². The average molecular weight is 442 g/mol. The Morgan fingerprint density at radius 3 is 1.81 bits per heavy atom. The van der Waals surface area contributed by atoms with Crippen LogP contribution in [0.5, 0.6) is 0 Å². The Bertz CT molecular complexity index is 1170. The van der Waals surface area contributed by atoms with Crippen LogP contribution < -0.4 is 10.6 Å². The van der Waals surface area contributed by atoms with Gasteiger partial charge in [0.15, 0.2) is 5.78 Å². The maximum atomic E-state index is 13.4. The summed E-state index contributed by atoms with van der Waals surface area (Å²) in [5.41, 5.74) is 2.33. The SMILES string of the molecule is Cc1cccc([C@H](CC(=O)c2ccccc2)P(=S)(c2ccccc2)c2ccccc2)n1. The van der Waals surface area contributed by atoms with Gasteiger partial charge in [-0.05, 0) is 29.7 Å². The van der Waals surface area contributed by atoms with E-state index in [4.69, 9.17) is 16.8 Å². The lowest BCUT2D eigenvalue weighted by atomic mass is 10.0. The number of ketones is 1. The van der Waals surface area contributed by atoms with Crippen molar-refractivity contribution in [2.45, 2.75) is 19.0 Å². The first-order chi connectivity index (χ1) is 15.1. The fraction of sp³-hybridized carbons (Fsp3) is 0.111. The molecule has 154 valence electrons. The molecule has 0 spiro atoms. The molecule has 4 aromatic rings. The van der Waals surface area contributed by atoms with Crippen LogP contribution in [0.2, 0.25) is 0 Å². The van der Waals surface area contributed by atoms with Crippen LogP contribution in [0.15, 0.2) is 109 Å². The van der Waals surface area contributed by atoms with Crippen molar-refractivity contribution in [3.8, 4) is 0 Å². The highest BCUT2D eigenvalue weighted by molar-refractivity contribution is 8.22. The number of aryl methyl sites for hydroxylation is 1. The first-order valence-electron chi connectivity index (χ1n) is 10.3. The summed E-state index contributed by atoms with van der Waals surface area (Å²) in [4.78, 5) is 18.2. The molecule has 0 unspecified atom stereocenters. The van der Waals surface area contributed by atoms with E-state index in [0.717, 1.165) is 22.0 Å².